The minimum Gasteiger partial charge on any atom is -0.478 e. The second kappa shape index (κ2) is 7.34. The molecule has 0 unspecified atom stereocenters. The molecule has 3 N–H and O–H groups in total. The Bertz CT molecular complexity index is 674. The highest BCUT2D eigenvalue weighted by molar-refractivity contribution is 5.89. The van der Waals surface area contributed by atoms with E-state index in [1.807, 2.05) is 0 Å². The number of carboxylic acids is 1. The number of alkyl halides is 3. The molecule has 0 heterocycles. The van der Waals surface area contributed by atoms with E-state index in [-0.39, 0.29) is 23.7 Å². The Kier molecular flexibility index (Phi) is 6.00. The van der Waals surface area contributed by atoms with Crippen LogP contribution in [0.2, 0.25) is 0 Å². The first-order valence-corrected chi connectivity index (χ1v) is 6.21. The number of rotatable bonds is 4. The molecule has 0 saturated heterocycles. The second-order valence-electron chi connectivity index (χ2n) is 4.49. The lowest BCUT2D eigenvalue weighted by Gasteiger charge is -2.16. The zero-order valence-electron chi connectivity index (χ0n) is 11.6. The van der Waals surface area contributed by atoms with Crippen LogP contribution in [0.25, 0.3) is 0 Å². The highest BCUT2D eigenvalue weighted by Crippen LogP contribution is 2.27. The molecule has 0 fully saturated rings. The van der Waals surface area contributed by atoms with E-state index in [1.165, 1.54) is 18.2 Å². The van der Waals surface area contributed by atoms with E-state index in [4.69, 9.17) is 10.8 Å². The Morgan fingerprint density at radius 2 is 1.65 bits per heavy atom. The maximum absolute atomic E-state index is 12.1. The zero-order chi connectivity index (χ0) is 16.3. The lowest BCUT2D eigenvalue weighted by atomic mass is 9.95. The monoisotopic (exact) mass is 347 g/mol. The third-order valence-corrected chi connectivity index (χ3v) is 3.00. The molecule has 0 aliphatic rings. The molecule has 1 atom stereocenters. The Morgan fingerprint density at radius 1 is 1.09 bits per heavy atom. The van der Waals surface area contributed by atoms with Crippen LogP contribution >= 0.6 is 12.4 Å². The standard InChI is InChI=1S/C15H12F3NO3.ClH/c16-15(17,18)22-10-7-5-9(6-8-10)13(19)11-3-1-2-4-12(11)14(20)21;/h1-8,13H,19H2,(H,20,21);1H/t13-;/m0./s1. The predicted molar refractivity (Wildman–Crippen MR) is 79.8 cm³/mol. The van der Waals surface area contributed by atoms with Crippen LogP contribution < -0.4 is 10.5 Å². The molecule has 4 nitrogen and oxygen atoms in total. The van der Waals surface area contributed by atoms with Crippen LogP contribution in [0, 0.1) is 0 Å². The van der Waals surface area contributed by atoms with Crippen LogP contribution in [-0.2, 0) is 0 Å². The Balaban J connectivity index is 0.00000264. The van der Waals surface area contributed by atoms with Crippen LogP contribution in [0.1, 0.15) is 27.5 Å². The largest absolute Gasteiger partial charge is 0.573 e. The predicted octanol–water partition coefficient (Wildman–Crippen LogP) is 3.75. The van der Waals surface area contributed by atoms with Gasteiger partial charge in [-0.25, -0.2) is 4.79 Å². The van der Waals surface area contributed by atoms with E-state index in [9.17, 15) is 18.0 Å². The Hall–Kier alpha value is -2.25. The number of aromatic carboxylic acids is 1. The van der Waals surface area contributed by atoms with Gasteiger partial charge >= 0.3 is 12.3 Å². The molecule has 0 bridgehead atoms. The summed E-state index contributed by atoms with van der Waals surface area (Å²) in [6.45, 7) is 0. The van der Waals surface area contributed by atoms with Crippen molar-refractivity contribution in [2.24, 2.45) is 5.73 Å². The minimum atomic E-state index is -4.76. The molecule has 2 aromatic carbocycles. The van der Waals surface area contributed by atoms with Crippen molar-refractivity contribution in [1.29, 1.82) is 0 Å². The normalized spacial score (nSPS) is 12.2. The molecular weight excluding hydrogens is 335 g/mol. The zero-order valence-corrected chi connectivity index (χ0v) is 12.4. The van der Waals surface area contributed by atoms with E-state index in [2.05, 4.69) is 4.74 Å². The summed E-state index contributed by atoms with van der Waals surface area (Å²) in [5, 5.41) is 9.13. The number of carboxylic acid groups (broad SMARTS) is 1. The van der Waals surface area contributed by atoms with E-state index < -0.39 is 18.4 Å². The minimum absolute atomic E-state index is 0. The van der Waals surface area contributed by atoms with Gasteiger partial charge in [-0.15, -0.1) is 25.6 Å². The molecule has 0 aliphatic heterocycles. The van der Waals surface area contributed by atoms with Crippen molar-refractivity contribution in [3.05, 3.63) is 65.2 Å². The third kappa shape index (κ3) is 4.87. The van der Waals surface area contributed by atoms with Gasteiger partial charge in [-0.1, -0.05) is 30.3 Å². The number of halogens is 4. The van der Waals surface area contributed by atoms with Crippen molar-refractivity contribution in [3.63, 3.8) is 0 Å². The maximum Gasteiger partial charge on any atom is 0.573 e. The average molecular weight is 348 g/mol. The summed E-state index contributed by atoms with van der Waals surface area (Å²) in [6, 6.07) is 10.4. The Morgan fingerprint density at radius 3 is 2.17 bits per heavy atom. The van der Waals surface area contributed by atoms with Crippen molar-refractivity contribution in [3.8, 4) is 5.75 Å². The summed E-state index contributed by atoms with van der Waals surface area (Å²) < 4.78 is 40.1. The fourth-order valence-electron chi connectivity index (χ4n) is 2.02. The lowest BCUT2D eigenvalue weighted by Crippen LogP contribution is -2.18. The van der Waals surface area contributed by atoms with Crippen molar-refractivity contribution >= 4 is 18.4 Å². The van der Waals surface area contributed by atoms with Gasteiger partial charge in [-0.05, 0) is 29.3 Å². The number of carbonyl (C=O) groups is 1. The SMILES string of the molecule is Cl.N[C@@H](c1ccc(OC(F)(F)F)cc1)c1ccccc1C(=O)O. The molecule has 2 rings (SSSR count). The van der Waals surface area contributed by atoms with Crippen LogP contribution in [0.15, 0.2) is 48.5 Å². The van der Waals surface area contributed by atoms with Crippen molar-refractivity contribution in [1.82, 2.24) is 0 Å². The van der Waals surface area contributed by atoms with E-state index in [0.29, 0.717) is 11.1 Å². The smallest absolute Gasteiger partial charge is 0.478 e. The van der Waals surface area contributed by atoms with Gasteiger partial charge in [-0.2, -0.15) is 0 Å². The van der Waals surface area contributed by atoms with Crippen LogP contribution in [-0.4, -0.2) is 17.4 Å². The van der Waals surface area contributed by atoms with Gasteiger partial charge in [0.05, 0.1) is 11.6 Å². The highest BCUT2D eigenvalue weighted by Gasteiger charge is 2.31. The number of benzene rings is 2. The number of ether oxygens (including phenoxy) is 1. The molecule has 0 aromatic heterocycles. The first-order valence-electron chi connectivity index (χ1n) is 6.21. The van der Waals surface area contributed by atoms with E-state index >= 15 is 0 Å². The lowest BCUT2D eigenvalue weighted by molar-refractivity contribution is -0.274. The van der Waals surface area contributed by atoms with Gasteiger partial charge in [0.2, 0.25) is 0 Å². The van der Waals surface area contributed by atoms with Gasteiger partial charge in [-0.3, -0.25) is 0 Å². The van der Waals surface area contributed by atoms with E-state index in [0.717, 1.165) is 12.1 Å². The topological polar surface area (TPSA) is 72.5 Å². The summed E-state index contributed by atoms with van der Waals surface area (Å²) in [7, 11) is 0. The molecule has 23 heavy (non-hydrogen) atoms. The fraction of sp³-hybridized carbons (Fsp3) is 0.133. The number of hydrogen-bond donors (Lipinski definition) is 2. The molecule has 2 aromatic rings. The summed E-state index contributed by atoms with van der Waals surface area (Å²) in [4.78, 5) is 11.2. The van der Waals surface area contributed by atoms with Gasteiger partial charge in [0.1, 0.15) is 5.75 Å². The Labute approximate surface area is 136 Å². The van der Waals surface area contributed by atoms with Crippen molar-refractivity contribution in [2.75, 3.05) is 0 Å². The molecule has 124 valence electrons. The van der Waals surface area contributed by atoms with Crippen LogP contribution in [0.3, 0.4) is 0 Å². The molecule has 0 amide bonds. The maximum atomic E-state index is 12.1. The summed E-state index contributed by atoms with van der Waals surface area (Å²) in [5.74, 6) is -1.49. The van der Waals surface area contributed by atoms with Gasteiger partial charge in [0.25, 0.3) is 0 Å². The van der Waals surface area contributed by atoms with E-state index in [1.54, 1.807) is 18.2 Å². The number of nitrogens with two attached hydrogens (primary N) is 1. The average Bonchev–Trinajstić information content (AvgIpc) is 2.45. The summed E-state index contributed by atoms with van der Waals surface area (Å²) in [6.07, 6.45) is -4.76. The molecule has 0 saturated carbocycles. The fourth-order valence-corrected chi connectivity index (χ4v) is 2.02. The first-order chi connectivity index (χ1) is 10.3. The molecule has 0 radical (unpaired) electrons. The van der Waals surface area contributed by atoms with Crippen molar-refractivity contribution in [2.45, 2.75) is 12.4 Å². The summed E-state index contributed by atoms with van der Waals surface area (Å²) >= 11 is 0. The van der Waals surface area contributed by atoms with Crippen LogP contribution in [0.5, 0.6) is 5.75 Å². The molecule has 0 aliphatic carbocycles. The van der Waals surface area contributed by atoms with Crippen molar-refractivity contribution < 1.29 is 27.8 Å². The third-order valence-electron chi connectivity index (χ3n) is 3.00. The molecule has 0 spiro atoms. The number of hydrogen-bond acceptors (Lipinski definition) is 3. The molecular formula is C15H13ClF3NO3. The van der Waals surface area contributed by atoms with Crippen LogP contribution in [0.4, 0.5) is 13.2 Å². The van der Waals surface area contributed by atoms with Gasteiger partial charge in [0.15, 0.2) is 0 Å². The quantitative estimate of drug-likeness (QED) is 0.883. The first kappa shape index (κ1) is 18.8. The highest BCUT2D eigenvalue weighted by atomic mass is 35.5. The van der Waals surface area contributed by atoms with Gasteiger partial charge in [0, 0.05) is 0 Å². The molecule has 8 heteroatoms. The van der Waals surface area contributed by atoms with Gasteiger partial charge < -0.3 is 15.6 Å². The second-order valence-corrected chi connectivity index (χ2v) is 4.49. The summed E-state index contributed by atoms with van der Waals surface area (Å²) in [5.41, 5.74) is 6.90.